The number of benzene rings is 2. The Labute approximate surface area is 193 Å². The molecule has 0 aliphatic carbocycles. The highest BCUT2D eigenvalue weighted by molar-refractivity contribution is 6.02. The number of nitrogens with zero attached hydrogens (tertiary/aromatic N) is 4. The highest BCUT2D eigenvalue weighted by Crippen LogP contribution is 2.34. The molecule has 33 heavy (non-hydrogen) atoms. The summed E-state index contributed by atoms with van der Waals surface area (Å²) in [6.07, 6.45) is 7.36. The number of hydrogen-bond acceptors (Lipinski definition) is 4. The van der Waals surface area contributed by atoms with E-state index >= 15 is 0 Å². The zero-order valence-corrected chi connectivity index (χ0v) is 19.1. The van der Waals surface area contributed by atoms with Crippen LogP contribution in [-0.2, 0) is 0 Å². The Bertz CT molecular complexity index is 1140. The molecule has 3 heterocycles. The number of hydrogen-bond donors (Lipinski definition) is 0. The predicted molar refractivity (Wildman–Crippen MR) is 128 cm³/mol. The van der Waals surface area contributed by atoms with Crippen molar-refractivity contribution in [1.82, 2.24) is 9.97 Å². The first kappa shape index (κ1) is 21.7. The van der Waals surface area contributed by atoms with Gasteiger partial charge >= 0.3 is 0 Å². The lowest BCUT2D eigenvalue weighted by Crippen LogP contribution is -2.38. The molecule has 5 rings (SSSR count). The molecular weight excluding hydrogens is 418 g/mol. The van der Waals surface area contributed by atoms with Gasteiger partial charge in [-0.2, -0.15) is 0 Å². The number of halogens is 2. The molecule has 0 radical (unpaired) electrons. The van der Waals surface area contributed by atoms with Crippen molar-refractivity contribution in [1.29, 1.82) is 0 Å². The van der Waals surface area contributed by atoms with Gasteiger partial charge in [0, 0.05) is 36.8 Å². The summed E-state index contributed by atoms with van der Waals surface area (Å²) in [7, 11) is 0. The van der Waals surface area contributed by atoms with Gasteiger partial charge in [0.1, 0.15) is 11.6 Å². The molecule has 3 aromatic rings. The van der Waals surface area contributed by atoms with E-state index in [1.807, 2.05) is 36.7 Å². The summed E-state index contributed by atoms with van der Waals surface area (Å²) in [6, 6.07) is 12.0. The van der Waals surface area contributed by atoms with E-state index in [0.29, 0.717) is 17.5 Å². The molecule has 0 spiro atoms. The van der Waals surface area contributed by atoms with Crippen LogP contribution in [0.5, 0.6) is 0 Å². The van der Waals surface area contributed by atoms with Crippen molar-refractivity contribution < 1.29 is 8.78 Å². The van der Waals surface area contributed by atoms with Gasteiger partial charge in [-0.25, -0.2) is 18.7 Å². The lowest BCUT2D eigenvalue weighted by atomic mass is 9.83. The van der Waals surface area contributed by atoms with Crippen molar-refractivity contribution >= 4 is 11.7 Å². The van der Waals surface area contributed by atoms with Crippen LogP contribution in [0.25, 0.3) is 11.1 Å². The van der Waals surface area contributed by atoms with Crippen LogP contribution < -0.4 is 4.90 Å². The molecule has 1 saturated heterocycles. The maximum absolute atomic E-state index is 14.1. The summed E-state index contributed by atoms with van der Waals surface area (Å²) in [5.74, 6) is -0.318. The Morgan fingerprint density at radius 3 is 2.15 bits per heavy atom. The maximum Gasteiger partial charge on any atom is 0.225 e. The predicted octanol–water partition coefficient (Wildman–Crippen LogP) is 6.37. The second kappa shape index (κ2) is 8.65. The van der Waals surface area contributed by atoms with E-state index in [1.165, 1.54) is 18.2 Å². The number of piperidine rings is 1. The minimum Gasteiger partial charge on any atom is -0.341 e. The highest BCUT2D eigenvalue weighted by atomic mass is 19.1. The van der Waals surface area contributed by atoms with E-state index in [9.17, 15) is 8.78 Å². The molecule has 0 saturated carbocycles. The molecule has 0 amide bonds. The van der Waals surface area contributed by atoms with Crippen molar-refractivity contribution in [2.45, 2.75) is 45.6 Å². The first-order valence-electron chi connectivity index (χ1n) is 11.6. The monoisotopic (exact) mass is 446 g/mol. The summed E-state index contributed by atoms with van der Waals surface area (Å²) in [4.78, 5) is 16.1. The largest absolute Gasteiger partial charge is 0.341 e. The van der Waals surface area contributed by atoms with Crippen LogP contribution in [0, 0.1) is 17.0 Å². The molecule has 6 heteroatoms. The SMILES string of the molecule is CC1(C)CCN(c2ncc(-c3ccc(C4CCC(c5c(F)cccc5F)=N4)cc3)cn2)CC1. The third-order valence-electron chi connectivity index (χ3n) is 6.88. The molecule has 1 atom stereocenters. The molecular formula is C27H28F2N4. The van der Waals surface area contributed by atoms with Crippen LogP contribution in [0.4, 0.5) is 14.7 Å². The normalized spacial score (nSPS) is 20.1. The fourth-order valence-corrected chi connectivity index (χ4v) is 4.64. The fourth-order valence-electron chi connectivity index (χ4n) is 4.64. The van der Waals surface area contributed by atoms with Gasteiger partial charge in [-0.1, -0.05) is 44.2 Å². The quantitative estimate of drug-likeness (QED) is 0.467. The Balaban J connectivity index is 1.29. The van der Waals surface area contributed by atoms with Gasteiger partial charge < -0.3 is 4.90 Å². The number of anilines is 1. The Morgan fingerprint density at radius 2 is 1.52 bits per heavy atom. The first-order chi connectivity index (χ1) is 15.9. The van der Waals surface area contributed by atoms with E-state index in [-0.39, 0.29) is 11.6 Å². The molecule has 2 aliphatic rings. The first-order valence-corrected chi connectivity index (χ1v) is 11.6. The van der Waals surface area contributed by atoms with Crippen molar-refractivity contribution in [2.24, 2.45) is 10.4 Å². The van der Waals surface area contributed by atoms with Crippen LogP contribution in [0.15, 0.2) is 59.9 Å². The van der Waals surface area contributed by atoms with E-state index in [4.69, 9.17) is 0 Å². The van der Waals surface area contributed by atoms with E-state index < -0.39 is 11.6 Å². The van der Waals surface area contributed by atoms with Crippen LogP contribution in [-0.4, -0.2) is 28.8 Å². The minimum absolute atomic E-state index is 0.00567. The third kappa shape index (κ3) is 4.52. The van der Waals surface area contributed by atoms with Crippen LogP contribution in [0.3, 0.4) is 0 Å². The van der Waals surface area contributed by atoms with E-state index in [0.717, 1.165) is 55.0 Å². The van der Waals surface area contributed by atoms with Crippen molar-refractivity contribution in [3.63, 3.8) is 0 Å². The average molecular weight is 447 g/mol. The molecule has 1 unspecified atom stereocenters. The second-order valence-electron chi connectivity index (χ2n) is 9.77. The molecule has 0 bridgehead atoms. The minimum atomic E-state index is -0.554. The van der Waals surface area contributed by atoms with E-state index in [1.54, 1.807) is 0 Å². The number of rotatable bonds is 4. The summed E-state index contributed by atoms with van der Waals surface area (Å²) >= 11 is 0. The Hall–Kier alpha value is -3.15. The van der Waals surface area contributed by atoms with Crippen molar-refractivity contribution in [2.75, 3.05) is 18.0 Å². The van der Waals surface area contributed by atoms with Crippen LogP contribution >= 0.6 is 0 Å². The summed E-state index contributed by atoms with van der Waals surface area (Å²) < 4.78 is 28.2. The molecule has 0 N–H and O–H groups in total. The summed E-state index contributed by atoms with van der Waals surface area (Å²) in [6.45, 7) is 6.60. The van der Waals surface area contributed by atoms with Gasteiger partial charge in [0.15, 0.2) is 0 Å². The number of aromatic nitrogens is 2. The lowest BCUT2D eigenvalue weighted by molar-refractivity contribution is 0.278. The number of aliphatic imine (C=N–C) groups is 1. The van der Waals surface area contributed by atoms with Crippen LogP contribution in [0.2, 0.25) is 0 Å². The smallest absolute Gasteiger partial charge is 0.225 e. The molecule has 2 aliphatic heterocycles. The van der Waals surface area contributed by atoms with E-state index in [2.05, 4.69) is 33.7 Å². The highest BCUT2D eigenvalue weighted by Gasteiger charge is 2.27. The zero-order valence-electron chi connectivity index (χ0n) is 19.1. The summed E-state index contributed by atoms with van der Waals surface area (Å²) in [5.41, 5.74) is 3.94. The Morgan fingerprint density at radius 1 is 0.879 bits per heavy atom. The maximum atomic E-state index is 14.1. The van der Waals surface area contributed by atoms with Gasteiger partial charge in [0.05, 0.1) is 11.6 Å². The van der Waals surface area contributed by atoms with Gasteiger partial charge in [-0.15, -0.1) is 0 Å². The molecule has 1 aromatic heterocycles. The Kier molecular flexibility index (Phi) is 5.69. The average Bonchev–Trinajstić information content (AvgIpc) is 3.29. The topological polar surface area (TPSA) is 41.4 Å². The molecule has 4 nitrogen and oxygen atoms in total. The molecule has 170 valence electrons. The zero-order chi connectivity index (χ0) is 23.0. The fraction of sp³-hybridized carbons (Fsp3) is 0.370. The van der Waals surface area contributed by atoms with Crippen LogP contribution in [0.1, 0.15) is 56.7 Å². The van der Waals surface area contributed by atoms with Gasteiger partial charge in [-0.05, 0) is 54.4 Å². The molecule has 2 aromatic carbocycles. The third-order valence-corrected chi connectivity index (χ3v) is 6.88. The van der Waals surface area contributed by atoms with Crippen molar-refractivity contribution in [3.8, 4) is 11.1 Å². The van der Waals surface area contributed by atoms with Crippen molar-refractivity contribution in [3.05, 3.63) is 77.6 Å². The van der Waals surface area contributed by atoms with Gasteiger partial charge in [0.2, 0.25) is 5.95 Å². The van der Waals surface area contributed by atoms with Gasteiger partial charge in [0.25, 0.3) is 0 Å². The van der Waals surface area contributed by atoms with Gasteiger partial charge in [-0.3, -0.25) is 4.99 Å². The standard InChI is InChI=1S/C27H28F2N4/c1-27(2)12-14-33(15-13-27)26-30-16-20(17-31-26)18-6-8-19(9-7-18)23-10-11-24(32-23)25-21(28)4-3-5-22(25)29/h3-9,16-17,23H,10-15H2,1-2H3. The lowest BCUT2D eigenvalue weighted by Gasteiger charge is -2.36. The molecule has 1 fully saturated rings. The second-order valence-corrected chi connectivity index (χ2v) is 9.77. The summed E-state index contributed by atoms with van der Waals surface area (Å²) in [5, 5.41) is 0.